The average Bonchev–Trinajstić information content (AvgIpc) is 2.82. The third kappa shape index (κ3) is 7.47. The maximum Gasteiger partial charge on any atom is 0.240 e. The minimum Gasteiger partial charge on any atom is -0.273 e. The van der Waals surface area contributed by atoms with Crippen LogP contribution in [0, 0.1) is 0 Å². The van der Waals surface area contributed by atoms with E-state index in [4.69, 9.17) is 0 Å². The van der Waals surface area contributed by atoms with Gasteiger partial charge in [-0.15, -0.1) is 0 Å². The molecule has 32 heavy (non-hydrogen) atoms. The highest BCUT2D eigenvalue weighted by molar-refractivity contribution is 6.13. The zero-order chi connectivity index (χ0) is 22.4. The van der Waals surface area contributed by atoms with Crippen molar-refractivity contribution in [3.63, 3.8) is 0 Å². The lowest BCUT2D eigenvalue weighted by Gasteiger charge is -2.08. The monoisotopic (exact) mass is 430 g/mol. The van der Waals surface area contributed by atoms with Gasteiger partial charge in [0.25, 0.3) is 0 Å². The second kappa shape index (κ2) is 13.7. The van der Waals surface area contributed by atoms with Crippen molar-refractivity contribution in [2.24, 2.45) is 5.10 Å². The topological polar surface area (TPSA) is 41.5 Å². The van der Waals surface area contributed by atoms with Gasteiger partial charge in [0, 0.05) is 12.0 Å². The first-order valence-corrected chi connectivity index (χ1v) is 12.5. The Morgan fingerprint density at radius 3 is 1.81 bits per heavy atom. The Morgan fingerprint density at radius 2 is 1.25 bits per heavy atom. The molecule has 0 spiro atoms. The van der Waals surface area contributed by atoms with Crippen LogP contribution in [-0.2, 0) is 4.79 Å². The lowest BCUT2D eigenvalue weighted by Crippen LogP contribution is -2.16. The Morgan fingerprint density at radius 1 is 0.750 bits per heavy atom. The molecule has 0 heterocycles. The van der Waals surface area contributed by atoms with Gasteiger partial charge in [0.05, 0.1) is 6.21 Å². The van der Waals surface area contributed by atoms with Crippen molar-refractivity contribution in [1.29, 1.82) is 0 Å². The van der Waals surface area contributed by atoms with Crippen LogP contribution in [0.1, 0.15) is 89.5 Å². The number of amides is 1. The fraction of sp³-hybridized carbons (Fsp3) is 0.448. The third-order valence-corrected chi connectivity index (χ3v) is 6.20. The third-order valence-electron chi connectivity index (χ3n) is 6.20. The molecule has 0 radical (unpaired) electrons. The van der Waals surface area contributed by atoms with Crippen molar-refractivity contribution in [3.8, 4) is 0 Å². The molecule has 0 aliphatic heterocycles. The summed E-state index contributed by atoms with van der Waals surface area (Å²) in [6.07, 6.45) is 16.5. The van der Waals surface area contributed by atoms with Crippen molar-refractivity contribution in [2.75, 3.05) is 0 Å². The zero-order valence-corrected chi connectivity index (χ0v) is 19.6. The number of hydrogen-bond acceptors (Lipinski definition) is 2. The Kier molecular flexibility index (Phi) is 10.2. The summed E-state index contributed by atoms with van der Waals surface area (Å²) < 4.78 is 0. The number of carbonyl (C=O) groups is 1. The van der Waals surface area contributed by atoms with Gasteiger partial charge < -0.3 is 0 Å². The first-order valence-electron chi connectivity index (χ1n) is 12.5. The molecule has 3 aromatic rings. The lowest BCUT2D eigenvalue weighted by molar-refractivity contribution is -0.121. The lowest BCUT2D eigenvalue weighted by atomic mass is 9.97. The van der Waals surface area contributed by atoms with Gasteiger partial charge in [0.1, 0.15) is 0 Å². The van der Waals surface area contributed by atoms with Crippen LogP contribution in [0.25, 0.3) is 21.5 Å². The molecular formula is C29H38N2O. The largest absolute Gasteiger partial charge is 0.273 e. The molecule has 0 atom stereocenters. The number of carbonyl (C=O) groups excluding carboxylic acids is 1. The van der Waals surface area contributed by atoms with Crippen LogP contribution in [0.2, 0.25) is 0 Å². The Bertz CT molecular complexity index is 954. The van der Waals surface area contributed by atoms with E-state index in [-0.39, 0.29) is 5.91 Å². The number of unbranched alkanes of at least 4 members (excludes halogenated alkanes) is 10. The minimum atomic E-state index is 0.00159. The van der Waals surface area contributed by atoms with Crippen molar-refractivity contribution in [2.45, 2.75) is 84.0 Å². The van der Waals surface area contributed by atoms with Crippen LogP contribution in [0.4, 0.5) is 0 Å². The second-order valence-electron chi connectivity index (χ2n) is 8.81. The maximum absolute atomic E-state index is 12.2. The van der Waals surface area contributed by atoms with Gasteiger partial charge in [0.15, 0.2) is 0 Å². The molecule has 3 heteroatoms. The number of rotatable bonds is 14. The highest BCUT2D eigenvalue weighted by atomic mass is 16.2. The van der Waals surface area contributed by atoms with Crippen LogP contribution in [-0.4, -0.2) is 12.1 Å². The minimum absolute atomic E-state index is 0.00159. The quantitative estimate of drug-likeness (QED) is 0.119. The standard InChI is InChI=1S/C29H38N2O/c1-2-3-4-5-6-7-8-9-10-11-12-21-29(32)31-30-23-28-26-19-15-13-17-24(26)22-25-18-14-16-20-27(25)28/h13-20,22-23H,2-12,21H2,1H3,(H,31,32)/b30-23-. The highest BCUT2D eigenvalue weighted by Gasteiger charge is 2.06. The smallest absolute Gasteiger partial charge is 0.240 e. The van der Waals surface area contributed by atoms with Crippen molar-refractivity contribution >= 4 is 33.7 Å². The molecule has 3 nitrogen and oxygen atoms in total. The molecular weight excluding hydrogens is 392 g/mol. The number of hydrogen-bond donors (Lipinski definition) is 1. The van der Waals surface area contributed by atoms with E-state index in [1.54, 1.807) is 6.21 Å². The van der Waals surface area contributed by atoms with Crippen molar-refractivity contribution < 1.29 is 4.79 Å². The van der Waals surface area contributed by atoms with Crippen LogP contribution >= 0.6 is 0 Å². The molecule has 1 amide bonds. The number of fused-ring (bicyclic) bond motifs is 2. The van der Waals surface area contributed by atoms with E-state index in [2.05, 4.69) is 47.8 Å². The van der Waals surface area contributed by atoms with Gasteiger partial charge in [-0.2, -0.15) is 5.10 Å². The summed E-state index contributed by atoms with van der Waals surface area (Å²) in [4.78, 5) is 12.2. The van der Waals surface area contributed by atoms with E-state index < -0.39 is 0 Å². The summed E-state index contributed by atoms with van der Waals surface area (Å²) in [5.41, 5.74) is 3.78. The van der Waals surface area contributed by atoms with Crippen LogP contribution in [0.15, 0.2) is 59.7 Å². The van der Waals surface area contributed by atoms with Gasteiger partial charge in [-0.25, -0.2) is 5.43 Å². The summed E-state index contributed by atoms with van der Waals surface area (Å²) in [7, 11) is 0. The second-order valence-corrected chi connectivity index (χ2v) is 8.81. The molecule has 170 valence electrons. The SMILES string of the molecule is CCCCCCCCCCCCCC(=O)N/N=C\c1c2ccccc2cc2ccccc12. The maximum atomic E-state index is 12.2. The molecule has 3 rings (SSSR count). The summed E-state index contributed by atoms with van der Waals surface area (Å²) in [5.74, 6) is 0.00159. The first kappa shape index (κ1) is 24.0. The Labute approximate surface area is 193 Å². The molecule has 3 aromatic carbocycles. The fourth-order valence-electron chi connectivity index (χ4n) is 4.36. The molecule has 0 aromatic heterocycles. The van der Waals surface area contributed by atoms with E-state index in [9.17, 15) is 4.79 Å². The van der Waals surface area contributed by atoms with Gasteiger partial charge in [-0.1, -0.05) is 120 Å². The van der Waals surface area contributed by atoms with E-state index in [1.807, 2.05) is 24.3 Å². The molecule has 0 unspecified atom stereocenters. The molecule has 0 aliphatic carbocycles. The normalized spacial score (nSPS) is 11.5. The van der Waals surface area contributed by atoms with Crippen molar-refractivity contribution in [1.82, 2.24) is 5.43 Å². The number of hydrazone groups is 1. The van der Waals surface area contributed by atoms with E-state index >= 15 is 0 Å². The highest BCUT2D eigenvalue weighted by Crippen LogP contribution is 2.27. The summed E-state index contributed by atoms with van der Waals surface area (Å²) >= 11 is 0. The molecule has 0 saturated heterocycles. The van der Waals surface area contributed by atoms with E-state index in [0.29, 0.717) is 6.42 Å². The van der Waals surface area contributed by atoms with Crippen molar-refractivity contribution in [3.05, 3.63) is 60.2 Å². The van der Waals surface area contributed by atoms with E-state index in [1.165, 1.54) is 68.6 Å². The van der Waals surface area contributed by atoms with Crippen LogP contribution in [0.5, 0.6) is 0 Å². The first-order chi connectivity index (χ1) is 15.8. The van der Waals surface area contributed by atoms with Gasteiger partial charge in [0.2, 0.25) is 5.91 Å². The Balaban J connectivity index is 1.39. The predicted molar refractivity (Wildman–Crippen MR) is 138 cm³/mol. The van der Waals surface area contributed by atoms with Gasteiger partial charge in [-0.05, 0) is 34.0 Å². The average molecular weight is 431 g/mol. The summed E-state index contributed by atoms with van der Waals surface area (Å²) in [5, 5.41) is 8.94. The molecule has 0 fully saturated rings. The van der Waals surface area contributed by atoms with Gasteiger partial charge >= 0.3 is 0 Å². The molecule has 0 bridgehead atoms. The zero-order valence-electron chi connectivity index (χ0n) is 19.6. The number of nitrogens with one attached hydrogen (secondary N) is 1. The van der Waals surface area contributed by atoms with Crippen LogP contribution < -0.4 is 5.43 Å². The molecule has 0 saturated carbocycles. The number of benzene rings is 3. The van der Waals surface area contributed by atoms with Gasteiger partial charge in [-0.3, -0.25) is 4.79 Å². The Hall–Kier alpha value is -2.68. The summed E-state index contributed by atoms with van der Waals surface area (Å²) in [6.45, 7) is 2.26. The predicted octanol–water partition coefficient (Wildman–Crippen LogP) is 8.14. The van der Waals surface area contributed by atoms with Crippen LogP contribution in [0.3, 0.4) is 0 Å². The molecule has 0 aliphatic rings. The van der Waals surface area contributed by atoms with E-state index in [0.717, 1.165) is 29.2 Å². The molecule has 1 N–H and O–H groups in total. The summed E-state index contributed by atoms with van der Waals surface area (Å²) in [6, 6.07) is 18.8. The fourth-order valence-corrected chi connectivity index (χ4v) is 4.36. The number of nitrogens with zero attached hydrogens (tertiary/aromatic N) is 1.